The first-order valence-corrected chi connectivity index (χ1v) is 11.5. The molecule has 2 aromatic rings. The molecule has 3 rings (SSSR count). The molecule has 0 saturated heterocycles. The maximum atomic E-state index is 14.8. The van der Waals surface area contributed by atoms with Crippen molar-refractivity contribution in [2.24, 2.45) is 5.10 Å². The molecule has 1 aliphatic rings. The first-order valence-electron chi connectivity index (χ1n) is 11.5. The molecule has 0 spiro atoms. The molecule has 0 aliphatic carbocycles. The average molecular weight is 485 g/mol. The van der Waals surface area contributed by atoms with Crippen LogP contribution in [0, 0.1) is 5.82 Å². The van der Waals surface area contributed by atoms with Crippen molar-refractivity contribution in [2.75, 3.05) is 33.9 Å². The molecular formula is C26H33FN4O4. The van der Waals surface area contributed by atoms with E-state index < -0.39 is 23.3 Å². The summed E-state index contributed by atoms with van der Waals surface area (Å²) in [4.78, 5) is 27.7. The van der Waals surface area contributed by atoms with Crippen LogP contribution in [0.5, 0.6) is 5.75 Å². The Morgan fingerprint density at radius 1 is 1.17 bits per heavy atom. The topological polar surface area (TPSA) is 83.5 Å². The second kappa shape index (κ2) is 11.3. The molecule has 2 aromatic carbocycles. The predicted octanol–water partition coefficient (Wildman–Crippen LogP) is 3.97. The summed E-state index contributed by atoms with van der Waals surface area (Å²) < 4.78 is 25.2. The van der Waals surface area contributed by atoms with Gasteiger partial charge in [-0.1, -0.05) is 30.3 Å². The van der Waals surface area contributed by atoms with Crippen molar-refractivity contribution < 1.29 is 23.5 Å². The van der Waals surface area contributed by atoms with Crippen LogP contribution >= 0.6 is 0 Å². The van der Waals surface area contributed by atoms with Crippen LogP contribution in [0.1, 0.15) is 44.4 Å². The first-order chi connectivity index (χ1) is 16.6. The van der Waals surface area contributed by atoms with Gasteiger partial charge in [0.2, 0.25) is 0 Å². The Morgan fingerprint density at radius 3 is 2.57 bits per heavy atom. The second-order valence-corrected chi connectivity index (χ2v) is 9.35. The van der Waals surface area contributed by atoms with Crippen molar-refractivity contribution >= 4 is 17.6 Å². The fourth-order valence-electron chi connectivity index (χ4n) is 3.79. The number of benzene rings is 2. The van der Waals surface area contributed by atoms with Gasteiger partial charge in [0, 0.05) is 36.7 Å². The van der Waals surface area contributed by atoms with Crippen LogP contribution in [0.3, 0.4) is 0 Å². The number of hydrazone groups is 1. The number of amides is 3. The Bertz CT molecular complexity index is 1080. The number of carbonyl (C=O) groups is 2. The van der Waals surface area contributed by atoms with Crippen LogP contribution in [0.2, 0.25) is 0 Å². The van der Waals surface area contributed by atoms with Gasteiger partial charge in [-0.2, -0.15) is 5.10 Å². The van der Waals surface area contributed by atoms with Gasteiger partial charge in [0.15, 0.2) is 0 Å². The van der Waals surface area contributed by atoms with Crippen molar-refractivity contribution in [3.05, 3.63) is 65.5 Å². The smallest absolute Gasteiger partial charge is 0.318 e. The molecule has 0 aromatic heterocycles. The summed E-state index contributed by atoms with van der Waals surface area (Å²) in [5.41, 5.74) is 1.30. The fourth-order valence-corrected chi connectivity index (χ4v) is 3.79. The lowest BCUT2D eigenvalue weighted by Gasteiger charge is -2.30. The molecule has 1 N–H and O–H groups in total. The van der Waals surface area contributed by atoms with E-state index in [9.17, 15) is 14.0 Å². The molecule has 0 radical (unpaired) electrons. The summed E-state index contributed by atoms with van der Waals surface area (Å²) in [6.07, 6.45) is 0.325. The maximum Gasteiger partial charge on any atom is 0.318 e. The third kappa shape index (κ3) is 6.79. The summed E-state index contributed by atoms with van der Waals surface area (Å²) in [6.45, 7) is 5.83. The van der Waals surface area contributed by atoms with Gasteiger partial charge >= 0.3 is 6.03 Å². The minimum absolute atomic E-state index is 0.217. The lowest BCUT2D eigenvalue weighted by molar-refractivity contribution is -0.133. The number of methoxy groups -OCH3 is 2. The van der Waals surface area contributed by atoms with E-state index in [1.165, 1.54) is 23.1 Å². The highest BCUT2D eigenvalue weighted by Gasteiger charge is 2.36. The van der Waals surface area contributed by atoms with E-state index in [0.29, 0.717) is 23.4 Å². The van der Waals surface area contributed by atoms with Crippen molar-refractivity contribution in [1.29, 1.82) is 0 Å². The molecule has 1 heterocycles. The van der Waals surface area contributed by atoms with Gasteiger partial charge in [-0.05, 0) is 39.0 Å². The quantitative estimate of drug-likeness (QED) is 0.615. The van der Waals surface area contributed by atoms with Gasteiger partial charge in [-0.25, -0.2) is 14.2 Å². The minimum atomic E-state index is -0.639. The summed E-state index contributed by atoms with van der Waals surface area (Å²) in [7, 11) is 3.10. The van der Waals surface area contributed by atoms with Gasteiger partial charge in [-0.3, -0.25) is 4.79 Å². The lowest BCUT2D eigenvalue weighted by Crippen LogP contribution is -2.52. The highest BCUT2D eigenvalue weighted by molar-refractivity contribution is 6.03. The minimum Gasteiger partial charge on any atom is -0.497 e. The molecule has 0 fully saturated rings. The number of hydrogen-bond donors (Lipinski definition) is 1. The normalized spacial score (nSPS) is 15.5. The summed E-state index contributed by atoms with van der Waals surface area (Å²) in [5.74, 6) is -0.183. The zero-order chi connectivity index (χ0) is 25.6. The number of ether oxygens (including phenoxy) is 2. The molecule has 188 valence electrons. The average Bonchev–Trinajstić information content (AvgIpc) is 3.26. The van der Waals surface area contributed by atoms with Crippen molar-refractivity contribution in [2.45, 2.75) is 38.8 Å². The van der Waals surface area contributed by atoms with E-state index in [4.69, 9.17) is 9.47 Å². The lowest BCUT2D eigenvalue weighted by atomic mass is 9.98. The van der Waals surface area contributed by atoms with Crippen LogP contribution in [-0.2, 0) is 9.53 Å². The molecule has 9 heteroatoms. The standard InChI is InChI=1S/C26H33FN4O4/c1-26(2,3)28-25(33)30(13-14-34-4)17-24(32)31-23(20-11-6-7-12-21(20)27)16-22(29-31)18-9-8-10-19(15-18)35-5/h6-12,15,23H,13-14,16-17H2,1-5H3,(H,28,33)/t23-/m0/s1. The number of urea groups is 1. The van der Waals surface area contributed by atoms with E-state index in [1.54, 1.807) is 25.3 Å². The number of carbonyl (C=O) groups excluding carboxylic acids is 2. The second-order valence-electron chi connectivity index (χ2n) is 9.35. The summed E-state index contributed by atoms with van der Waals surface area (Å²) in [6, 6.07) is 12.7. The molecule has 1 atom stereocenters. The molecule has 0 saturated carbocycles. The maximum absolute atomic E-state index is 14.8. The van der Waals surface area contributed by atoms with Crippen LogP contribution < -0.4 is 10.1 Å². The third-order valence-corrected chi connectivity index (χ3v) is 5.49. The highest BCUT2D eigenvalue weighted by atomic mass is 19.1. The monoisotopic (exact) mass is 484 g/mol. The Kier molecular flexibility index (Phi) is 8.45. The van der Waals surface area contributed by atoms with Gasteiger partial charge in [-0.15, -0.1) is 0 Å². The highest BCUT2D eigenvalue weighted by Crippen LogP contribution is 2.34. The fraction of sp³-hybridized carbons (Fsp3) is 0.423. The molecule has 1 aliphatic heterocycles. The zero-order valence-electron chi connectivity index (χ0n) is 20.9. The Hall–Kier alpha value is -3.46. The molecule has 0 unspecified atom stereocenters. The first kappa shape index (κ1) is 26.2. The molecule has 8 nitrogen and oxygen atoms in total. The summed E-state index contributed by atoms with van der Waals surface area (Å²) >= 11 is 0. The van der Waals surface area contributed by atoms with Crippen LogP contribution in [-0.4, -0.2) is 67.0 Å². The number of halogens is 1. The number of rotatable bonds is 8. The Balaban J connectivity index is 1.92. The van der Waals surface area contributed by atoms with Gasteiger partial charge in [0.05, 0.1) is 25.5 Å². The van der Waals surface area contributed by atoms with Crippen molar-refractivity contribution in [3.8, 4) is 5.75 Å². The van der Waals surface area contributed by atoms with Crippen LogP contribution in [0.15, 0.2) is 53.6 Å². The van der Waals surface area contributed by atoms with Gasteiger partial charge in [0.25, 0.3) is 5.91 Å². The van der Waals surface area contributed by atoms with Crippen LogP contribution in [0.25, 0.3) is 0 Å². The van der Waals surface area contributed by atoms with E-state index in [0.717, 1.165) is 5.56 Å². The van der Waals surface area contributed by atoms with E-state index in [1.807, 2.05) is 45.0 Å². The largest absolute Gasteiger partial charge is 0.497 e. The Labute approximate surface area is 205 Å². The molecular weight excluding hydrogens is 451 g/mol. The van der Waals surface area contributed by atoms with E-state index >= 15 is 0 Å². The van der Waals surface area contributed by atoms with Crippen molar-refractivity contribution in [1.82, 2.24) is 15.2 Å². The predicted molar refractivity (Wildman–Crippen MR) is 132 cm³/mol. The van der Waals surface area contributed by atoms with Gasteiger partial charge in [0.1, 0.15) is 18.1 Å². The van der Waals surface area contributed by atoms with E-state index in [-0.39, 0.29) is 25.7 Å². The third-order valence-electron chi connectivity index (χ3n) is 5.49. The SMILES string of the molecule is COCCN(CC(=O)N1N=C(c2cccc(OC)c2)C[C@H]1c1ccccc1F)C(=O)NC(C)(C)C. The van der Waals surface area contributed by atoms with E-state index in [2.05, 4.69) is 10.4 Å². The van der Waals surface area contributed by atoms with Gasteiger partial charge < -0.3 is 19.7 Å². The van der Waals surface area contributed by atoms with Crippen LogP contribution in [0.4, 0.5) is 9.18 Å². The zero-order valence-corrected chi connectivity index (χ0v) is 20.9. The molecule has 35 heavy (non-hydrogen) atoms. The number of hydrogen-bond acceptors (Lipinski definition) is 5. The van der Waals surface area contributed by atoms with Crippen molar-refractivity contribution in [3.63, 3.8) is 0 Å². The summed E-state index contributed by atoms with van der Waals surface area (Å²) in [5, 5.41) is 8.75. The molecule has 0 bridgehead atoms. The number of nitrogens with one attached hydrogen (secondary N) is 1. The number of nitrogens with zero attached hydrogens (tertiary/aromatic N) is 3. The molecule has 3 amide bonds. The Morgan fingerprint density at radius 2 is 1.91 bits per heavy atom.